The molecule has 1 atom stereocenters. The quantitative estimate of drug-likeness (QED) is 0.654. The first kappa shape index (κ1) is 20.0. The summed E-state index contributed by atoms with van der Waals surface area (Å²) < 4.78 is 5.83. The molecule has 0 bridgehead atoms. The van der Waals surface area contributed by atoms with Gasteiger partial charge in [-0.05, 0) is 47.5 Å². The fraction of sp³-hybridized carbons (Fsp3) is 0.333. The Hall–Kier alpha value is -2.27. The van der Waals surface area contributed by atoms with Gasteiger partial charge in [-0.1, -0.05) is 48.0 Å². The predicted molar refractivity (Wildman–Crippen MR) is 120 cm³/mol. The number of aliphatic hydroxyl groups is 1. The van der Waals surface area contributed by atoms with Gasteiger partial charge in [0.15, 0.2) is 0 Å². The lowest BCUT2D eigenvalue weighted by molar-refractivity contribution is 0.0663. The molecule has 152 valence electrons. The number of nitrogens with zero attached hydrogens (tertiary/aromatic N) is 2. The summed E-state index contributed by atoms with van der Waals surface area (Å²) >= 11 is 6.26. The second-order valence-electron chi connectivity index (χ2n) is 7.69. The number of fused-ring (bicyclic) bond motifs is 1. The Bertz CT molecular complexity index is 970. The summed E-state index contributed by atoms with van der Waals surface area (Å²) in [5.41, 5.74) is 2.27. The van der Waals surface area contributed by atoms with Crippen LogP contribution in [0.1, 0.15) is 5.56 Å². The second kappa shape index (κ2) is 9.04. The number of anilines is 1. The highest BCUT2D eigenvalue weighted by molar-refractivity contribution is 6.31. The fourth-order valence-electron chi connectivity index (χ4n) is 3.77. The Morgan fingerprint density at radius 3 is 2.48 bits per heavy atom. The van der Waals surface area contributed by atoms with Gasteiger partial charge in [0.1, 0.15) is 18.5 Å². The van der Waals surface area contributed by atoms with E-state index in [0.29, 0.717) is 13.2 Å². The molecule has 29 heavy (non-hydrogen) atoms. The summed E-state index contributed by atoms with van der Waals surface area (Å²) in [7, 11) is 0. The van der Waals surface area contributed by atoms with Crippen LogP contribution in [0.2, 0.25) is 5.02 Å². The third-order valence-corrected chi connectivity index (χ3v) is 5.93. The van der Waals surface area contributed by atoms with Crippen LogP contribution in [0.25, 0.3) is 10.8 Å². The lowest BCUT2D eigenvalue weighted by atomic mass is 10.1. The highest BCUT2D eigenvalue weighted by Crippen LogP contribution is 2.24. The minimum absolute atomic E-state index is 0.298. The van der Waals surface area contributed by atoms with Gasteiger partial charge in [-0.2, -0.15) is 0 Å². The predicted octanol–water partition coefficient (Wildman–Crippen LogP) is 4.36. The first-order chi connectivity index (χ1) is 14.1. The molecule has 1 fully saturated rings. The summed E-state index contributed by atoms with van der Waals surface area (Å²) in [5.74, 6) is 0.795. The summed E-state index contributed by atoms with van der Waals surface area (Å²) in [4.78, 5) is 4.64. The van der Waals surface area contributed by atoms with Crippen molar-refractivity contribution in [1.82, 2.24) is 4.90 Å². The number of ether oxygens (including phenoxy) is 1. The smallest absolute Gasteiger partial charge is 0.120 e. The molecule has 0 aliphatic carbocycles. The standard InChI is InChI=1S/C24H27ClN2O2/c1-18-6-8-21(15-24(18)25)27-12-10-26(11-13-27)16-22(28)17-29-23-9-7-19-4-2-3-5-20(19)14-23/h2-9,14-15,22,28H,10-13,16-17H2,1H3/t22-/m1/s1. The molecule has 0 unspecified atom stereocenters. The molecule has 1 saturated heterocycles. The molecule has 0 spiro atoms. The van der Waals surface area contributed by atoms with Gasteiger partial charge in [0.05, 0.1) is 0 Å². The minimum Gasteiger partial charge on any atom is -0.491 e. The van der Waals surface area contributed by atoms with Gasteiger partial charge < -0.3 is 14.7 Å². The molecular formula is C24H27ClN2O2. The molecule has 3 aromatic carbocycles. The maximum Gasteiger partial charge on any atom is 0.120 e. The summed E-state index contributed by atoms with van der Waals surface area (Å²) in [5, 5.41) is 13.6. The summed E-state index contributed by atoms with van der Waals surface area (Å²) in [6, 6.07) is 20.5. The van der Waals surface area contributed by atoms with E-state index in [0.717, 1.165) is 47.9 Å². The average molecular weight is 411 g/mol. The van der Waals surface area contributed by atoms with Gasteiger partial charge >= 0.3 is 0 Å². The van der Waals surface area contributed by atoms with E-state index in [4.69, 9.17) is 16.3 Å². The molecule has 1 N–H and O–H groups in total. The molecule has 4 rings (SSSR count). The molecule has 0 aromatic heterocycles. The van der Waals surface area contributed by atoms with Crippen LogP contribution in [0, 0.1) is 6.92 Å². The number of benzene rings is 3. The van der Waals surface area contributed by atoms with Gasteiger partial charge in [0, 0.05) is 43.4 Å². The van der Waals surface area contributed by atoms with Gasteiger partial charge in [0.2, 0.25) is 0 Å². The van der Waals surface area contributed by atoms with E-state index in [9.17, 15) is 5.11 Å². The monoisotopic (exact) mass is 410 g/mol. The lowest BCUT2D eigenvalue weighted by Gasteiger charge is -2.37. The zero-order valence-corrected chi connectivity index (χ0v) is 17.5. The number of aryl methyl sites for hydroxylation is 1. The highest BCUT2D eigenvalue weighted by Gasteiger charge is 2.20. The molecular weight excluding hydrogens is 384 g/mol. The van der Waals surface area contributed by atoms with Crippen molar-refractivity contribution in [3.05, 3.63) is 71.2 Å². The van der Waals surface area contributed by atoms with Gasteiger partial charge in [-0.3, -0.25) is 4.90 Å². The van der Waals surface area contributed by atoms with Crippen molar-refractivity contribution in [2.45, 2.75) is 13.0 Å². The number of piperazine rings is 1. The molecule has 1 aliphatic heterocycles. The zero-order chi connectivity index (χ0) is 20.2. The zero-order valence-electron chi connectivity index (χ0n) is 16.7. The molecule has 0 saturated carbocycles. The van der Waals surface area contributed by atoms with E-state index in [1.165, 1.54) is 11.1 Å². The number of β-amino-alcohol motifs (C(OH)–C–C–N with tert-alkyl or cyclic N) is 1. The first-order valence-electron chi connectivity index (χ1n) is 10.1. The molecule has 1 heterocycles. The third kappa shape index (κ3) is 5.02. The minimum atomic E-state index is -0.512. The molecule has 1 aliphatic rings. The highest BCUT2D eigenvalue weighted by atomic mass is 35.5. The van der Waals surface area contributed by atoms with E-state index < -0.39 is 6.10 Å². The molecule has 0 radical (unpaired) electrons. The Kier molecular flexibility index (Phi) is 6.24. The second-order valence-corrected chi connectivity index (χ2v) is 8.10. The van der Waals surface area contributed by atoms with E-state index in [1.54, 1.807) is 0 Å². The Balaban J connectivity index is 1.25. The van der Waals surface area contributed by atoms with Crippen LogP contribution >= 0.6 is 11.6 Å². The largest absolute Gasteiger partial charge is 0.491 e. The van der Waals surface area contributed by atoms with Crippen molar-refractivity contribution in [3.63, 3.8) is 0 Å². The van der Waals surface area contributed by atoms with Gasteiger partial charge in [0.25, 0.3) is 0 Å². The Morgan fingerprint density at radius 2 is 1.72 bits per heavy atom. The maximum atomic E-state index is 10.4. The van der Waals surface area contributed by atoms with Crippen LogP contribution in [0.3, 0.4) is 0 Å². The molecule has 4 nitrogen and oxygen atoms in total. The van der Waals surface area contributed by atoms with Crippen LogP contribution in [0.15, 0.2) is 60.7 Å². The van der Waals surface area contributed by atoms with Crippen LogP contribution in [-0.4, -0.2) is 55.4 Å². The van der Waals surface area contributed by atoms with E-state index >= 15 is 0 Å². The number of hydrogen-bond donors (Lipinski definition) is 1. The Labute approximate surface area is 177 Å². The normalized spacial score (nSPS) is 16.2. The van der Waals surface area contributed by atoms with Crippen molar-refractivity contribution in [3.8, 4) is 5.75 Å². The molecule has 5 heteroatoms. The number of aliphatic hydroxyl groups excluding tert-OH is 1. The van der Waals surface area contributed by atoms with Crippen molar-refractivity contribution >= 4 is 28.1 Å². The van der Waals surface area contributed by atoms with Crippen LogP contribution < -0.4 is 9.64 Å². The number of hydrogen-bond acceptors (Lipinski definition) is 4. The fourth-order valence-corrected chi connectivity index (χ4v) is 3.94. The summed E-state index contributed by atoms with van der Waals surface area (Å²) in [6.45, 7) is 6.62. The van der Waals surface area contributed by atoms with E-state index in [1.807, 2.05) is 43.3 Å². The Morgan fingerprint density at radius 1 is 0.966 bits per heavy atom. The van der Waals surface area contributed by atoms with E-state index in [-0.39, 0.29) is 0 Å². The average Bonchev–Trinajstić information content (AvgIpc) is 2.75. The summed E-state index contributed by atoms with van der Waals surface area (Å²) in [6.07, 6.45) is -0.512. The third-order valence-electron chi connectivity index (χ3n) is 5.53. The topological polar surface area (TPSA) is 35.9 Å². The van der Waals surface area contributed by atoms with Crippen molar-refractivity contribution < 1.29 is 9.84 Å². The lowest BCUT2D eigenvalue weighted by Crippen LogP contribution is -2.49. The maximum absolute atomic E-state index is 10.4. The first-order valence-corrected chi connectivity index (χ1v) is 10.5. The molecule has 0 amide bonds. The number of rotatable bonds is 6. The van der Waals surface area contributed by atoms with Crippen molar-refractivity contribution in [1.29, 1.82) is 0 Å². The van der Waals surface area contributed by atoms with Gasteiger partial charge in [-0.25, -0.2) is 0 Å². The SMILES string of the molecule is Cc1ccc(N2CCN(C[C@@H](O)COc3ccc4ccccc4c3)CC2)cc1Cl. The van der Waals surface area contributed by atoms with Crippen molar-refractivity contribution in [2.24, 2.45) is 0 Å². The number of halogens is 1. The van der Waals surface area contributed by atoms with Crippen LogP contribution in [-0.2, 0) is 0 Å². The van der Waals surface area contributed by atoms with Crippen LogP contribution in [0.4, 0.5) is 5.69 Å². The van der Waals surface area contributed by atoms with Crippen LogP contribution in [0.5, 0.6) is 5.75 Å². The molecule has 3 aromatic rings. The van der Waals surface area contributed by atoms with Crippen molar-refractivity contribution in [2.75, 3.05) is 44.2 Å². The van der Waals surface area contributed by atoms with Gasteiger partial charge in [-0.15, -0.1) is 0 Å². The van der Waals surface area contributed by atoms with E-state index in [2.05, 4.69) is 34.1 Å².